The summed E-state index contributed by atoms with van der Waals surface area (Å²) in [6.07, 6.45) is 0. The molecule has 4 heteroatoms. The van der Waals surface area contributed by atoms with Crippen LogP contribution in [-0.2, 0) is 0 Å². The van der Waals surface area contributed by atoms with Gasteiger partial charge in [-0.3, -0.25) is 0 Å². The molecule has 2 aromatic rings. The molecule has 0 spiro atoms. The van der Waals surface area contributed by atoms with E-state index in [1.165, 1.54) is 0 Å². The van der Waals surface area contributed by atoms with Crippen LogP contribution in [0.1, 0.15) is 0 Å². The van der Waals surface area contributed by atoms with Crippen LogP contribution in [0, 0.1) is 0 Å². The molecule has 0 N–H and O–H groups in total. The molecule has 0 saturated carbocycles. The van der Waals surface area contributed by atoms with Gasteiger partial charge in [-0.05, 0) is 50.1 Å². The Morgan fingerprint density at radius 2 is 2.00 bits per heavy atom. The summed E-state index contributed by atoms with van der Waals surface area (Å²) in [5.41, 5.74) is 0.818. The van der Waals surface area contributed by atoms with Crippen molar-refractivity contribution in [3.63, 3.8) is 0 Å². The van der Waals surface area contributed by atoms with Gasteiger partial charge in [0.25, 0.3) is 0 Å². The highest BCUT2D eigenvalue weighted by molar-refractivity contribution is 9.13. The lowest BCUT2D eigenvalue weighted by atomic mass is 10.3. The number of halogens is 3. The third kappa shape index (κ3) is 1.30. The molecule has 0 amide bonds. The minimum Gasteiger partial charge on any atom is -0.448 e. The Labute approximate surface area is 90.9 Å². The Hall–Kier alpha value is 0.01000. The van der Waals surface area contributed by atoms with Gasteiger partial charge in [-0.25, -0.2) is 0 Å². The van der Waals surface area contributed by atoms with Gasteiger partial charge in [0.05, 0.1) is 4.47 Å². The number of benzene rings is 1. The third-order valence-electron chi connectivity index (χ3n) is 1.55. The molecular formula is C8H3Br2ClO. The van der Waals surface area contributed by atoms with Crippen LogP contribution in [-0.4, -0.2) is 0 Å². The van der Waals surface area contributed by atoms with E-state index in [-0.39, 0.29) is 0 Å². The normalized spacial score (nSPS) is 10.9. The summed E-state index contributed by atoms with van der Waals surface area (Å²) in [7, 11) is 0. The van der Waals surface area contributed by atoms with Crippen molar-refractivity contribution in [2.75, 3.05) is 0 Å². The second-order valence-corrected chi connectivity index (χ2v) is 4.28. The summed E-state index contributed by atoms with van der Waals surface area (Å²) >= 11 is 12.5. The summed E-state index contributed by atoms with van der Waals surface area (Å²) < 4.78 is 6.96. The van der Waals surface area contributed by atoms with Gasteiger partial charge >= 0.3 is 0 Å². The molecule has 0 aliphatic carbocycles. The molecule has 1 aromatic carbocycles. The summed E-state index contributed by atoms with van der Waals surface area (Å²) in [5.74, 6) is 0. The van der Waals surface area contributed by atoms with E-state index in [0.29, 0.717) is 9.69 Å². The Morgan fingerprint density at radius 3 is 2.75 bits per heavy atom. The van der Waals surface area contributed by atoms with E-state index in [1.807, 2.05) is 12.1 Å². The van der Waals surface area contributed by atoms with Gasteiger partial charge in [0.2, 0.25) is 0 Å². The van der Waals surface area contributed by atoms with Crippen molar-refractivity contribution in [1.82, 2.24) is 0 Å². The lowest BCUT2D eigenvalue weighted by Crippen LogP contribution is -1.64. The Morgan fingerprint density at radius 1 is 1.25 bits per heavy atom. The fourth-order valence-corrected chi connectivity index (χ4v) is 1.96. The SMILES string of the molecule is Clc1ccc2oc(Br)c(Br)c2c1. The molecule has 0 aliphatic rings. The zero-order valence-electron chi connectivity index (χ0n) is 5.77. The fraction of sp³-hybridized carbons (Fsp3) is 0. The van der Waals surface area contributed by atoms with Crippen molar-refractivity contribution in [2.45, 2.75) is 0 Å². The maximum atomic E-state index is 5.82. The molecule has 2 rings (SSSR count). The number of rotatable bonds is 0. The van der Waals surface area contributed by atoms with Gasteiger partial charge in [0.1, 0.15) is 5.58 Å². The quantitative estimate of drug-likeness (QED) is 0.692. The molecule has 0 bridgehead atoms. The molecule has 1 heterocycles. The van der Waals surface area contributed by atoms with E-state index < -0.39 is 0 Å². The van der Waals surface area contributed by atoms with E-state index >= 15 is 0 Å². The topological polar surface area (TPSA) is 13.1 Å². The second kappa shape index (κ2) is 3.05. The highest BCUT2D eigenvalue weighted by Crippen LogP contribution is 2.35. The number of hydrogen-bond donors (Lipinski definition) is 0. The van der Waals surface area contributed by atoms with Crippen LogP contribution in [0.2, 0.25) is 5.02 Å². The predicted octanol–water partition coefficient (Wildman–Crippen LogP) is 4.61. The maximum absolute atomic E-state index is 5.82. The lowest BCUT2D eigenvalue weighted by molar-refractivity contribution is 0.585. The van der Waals surface area contributed by atoms with Crippen molar-refractivity contribution in [1.29, 1.82) is 0 Å². The van der Waals surface area contributed by atoms with Gasteiger partial charge in [-0.2, -0.15) is 0 Å². The third-order valence-corrected chi connectivity index (χ3v) is 3.66. The first-order chi connectivity index (χ1) is 5.68. The summed E-state index contributed by atoms with van der Waals surface area (Å²) in [4.78, 5) is 0. The molecule has 0 unspecified atom stereocenters. The van der Waals surface area contributed by atoms with E-state index in [4.69, 9.17) is 16.0 Å². The second-order valence-electron chi connectivity index (χ2n) is 2.33. The monoisotopic (exact) mass is 308 g/mol. The van der Waals surface area contributed by atoms with Gasteiger partial charge in [-0.1, -0.05) is 11.6 Å². The minimum atomic E-state index is 0.694. The van der Waals surface area contributed by atoms with Gasteiger partial charge in [0, 0.05) is 10.4 Å². The molecule has 0 saturated heterocycles. The minimum absolute atomic E-state index is 0.694. The molecule has 0 atom stereocenters. The molecule has 0 aliphatic heterocycles. The van der Waals surface area contributed by atoms with Gasteiger partial charge in [0.15, 0.2) is 4.67 Å². The summed E-state index contributed by atoms with van der Waals surface area (Å²) in [5, 5.41) is 1.69. The average Bonchev–Trinajstić information content (AvgIpc) is 2.31. The number of fused-ring (bicyclic) bond motifs is 1. The van der Waals surface area contributed by atoms with E-state index in [2.05, 4.69) is 31.9 Å². The van der Waals surface area contributed by atoms with Gasteiger partial charge in [-0.15, -0.1) is 0 Å². The Balaban J connectivity index is 2.88. The summed E-state index contributed by atoms with van der Waals surface area (Å²) in [6.45, 7) is 0. The molecule has 1 aromatic heterocycles. The maximum Gasteiger partial charge on any atom is 0.184 e. The largest absolute Gasteiger partial charge is 0.448 e. The zero-order valence-corrected chi connectivity index (χ0v) is 9.70. The van der Waals surface area contributed by atoms with Crippen LogP contribution >= 0.6 is 43.5 Å². The first-order valence-electron chi connectivity index (χ1n) is 3.21. The fourth-order valence-electron chi connectivity index (χ4n) is 1.01. The highest BCUT2D eigenvalue weighted by Gasteiger charge is 2.08. The smallest absolute Gasteiger partial charge is 0.184 e. The molecule has 1 nitrogen and oxygen atoms in total. The van der Waals surface area contributed by atoms with E-state index in [1.54, 1.807) is 6.07 Å². The molecule has 12 heavy (non-hydrogen) atoms. The zero-order chi connectivity index (χ0) is 8.72. The van der Waals surface area contributed by atoms with Crippen LogP contribution < -0.4 is 0 Å². The molecule has 0 fully saturated rings. The van der Waals surface area contributed by atoms with Crippen LogP contribution in [0.5, 0.6) is 0 Å². The molecule has 62 valence electrons. The highest BCUT2D eigenvalue weighted by atomic mass is 79.9. The predicted molar refractivity (Wildman–Crippen MR) is 56.6 cm³/mol. The first kappa shape index (κ1) is 8.60. The van der Waals surface area contributed by atoms with Crippen molar-refractivity contribution < 1.29 is 4.42 Å². The van der Waals surface area contributed by atoms with Crippen LogP contribution in [0.4, 0.5) is 0 Å². The van der Waals surface area contributed by atoms with E-state index in [9.17, 15) is 0 Å². The van der Waals surface area contributed by atoms with Crippen molar-refractivity contribution in [3.05, 3.63) is 32.4 Å². The average molecular weight is 310 g/mol. The molecular weight excluding hydrogens is 307 g/mol. The number of hydrogen-bond acceptors (Lipinski definition) is 1. The van der Waals surface area contributed by atoms with Crippen molar-refractivity contribution >= 4 is 54.4 Å². The van der Waals surface area contributed by atoms with E-state index in [0.717, 1.165) is 15.4 Å². The van der Waals surface area contributed by atoms with Gasteiger partial charge < -0.3 is 4.42 Å². The standard InChI is InChI=1S/C8H3Br2ClO/c9-7-5-3-4(11)1-2-6(5)12-8(7)10/h1-3H. The summed E-state index contributed by atoms with van der Waals surface area (Å²) in [6, 6.07) is 5.49. The van der Waals surface area contributed by atoms with Crippen LogP contribution in [0.3, 0.4) is 0 Å². The van der Waals surface area contributed by atoms with Crippen LogP contribution in [0.15, 0.2) is 31.8 Å². The van der Waals surface area contributed by atoms with Crippen LogP contribution in [0.25, 0.3) is 11.0 Å². The van der Waals surface area contributed by atoms with Crippen molar-refractivity contribution in [3.8, 4) is 0 Å². The lowest BCUT2D eigenvalue weighted by Gasteiger charge is -1.88. The Kier molecular flexibility index (Phi) is 2.19. The molecule has 0 radical (unpaired) electrons. The number of furan rings is 1. The van der Waals surface area contributed by atoms with Crippen molar-refractivity contribution in [2.24, 2.45) is 0 Å². The Bertz CT molecular complexity index is 436. The first-order valence-corrected chi connectivity index (χ1v) is 5.18.